The van der Waals surface area contributed by atoms with Crippen LogP contribution in [0.15, 0.2) is 72.8 Å². The van der Waals surface area contributed by atoms with Crippen LogP contribution in [0.5, 0.6) is 0 Å². The lowest BCUT2D eigenvalue weighted by atomic mass is 10.1. The molecule has 4 rings (SSSR count). The summed E-state index contributed by atoms with van der Waals surface area (Å²) in [5, 5.41) is 15.8. The fourth-order valence-electron chi connectivity index (χ4n) is 3.38. The van der Waals surface area contributed by atoms with E-state index in [1.807, 2.05) is 66.7 Å². The number of carbonyl (C=O) groups excluding carboxylic acids is 1. The number of carbonyl (C=O) groups is 1. The number of halogens is 1. The molecule has 0 aliphatic rings. The Kier molecular flexibility index (Phi) is 6.51. The molecule has 7 heteroatoms. The third-order valence-electron chi connectivity index (χ3n) is 5.10. The molecule has 0 aliphatic heterocycles. The highest BCUT2D eigenvalue weighted by Gasteiger charge is 2.24. The zero-order valence-corrected chi connectivity index (χ0v) is 20.0. The topological polar surface area (TPSA) is 64.3 Å². The number of thiophene rings is 1. The van der Waals surface area contributed by atoms with E-state index < -0.39 is 11.6 Å². The van der Waals surface area contributed by atoms with Crippen molar-refractivity contribution in [3.05, 3.63) is 89.1 Å². The summed E-state index contributed by atoms with van der Waals surface area (Å²) in [6, 6.07) is 21.3. The van der Waals surface area contributed by atoms with Gasteiger partial charge >= 0.3 is 5.97 Å². The Labute approximate surface area is 201 Å². The molecular formula is C26H23ClN2O3S. The van der Waals surface area contributed by atoms with Gasteiger partial charge in [-0.3, -0.25) is 0 Å². The van der Waals surface area contributed by atoms with Crippen LogP contribution in [-0.2, 0) is 15.1 Å². The number of nitrogens with zero attached hydrogens (tertiary/aromatic N) is 2. The second kappa shape index (κ2) is 9.35. The van der Waals surface area contributed by atoms with Crippen molar-refractivity contribution in [3.8, 4) is 26.7 Å². The fraction of sp³-hybridized carbons (Fsp3) is 0.154. The number of aromatic nitrogens is 2. The van der Waals surface area contributed by atoms with Crippen LogP contribution in [0.25, 0.3) is 32.8 Å². The smallest absolute Gasteiger partial charge is 0.330 e. The maximum Gasteiger partial charge on any atom is 0.330 e. The van der Waals surface area contributed by atoms with Crippen LogP contribution in [0.4, 0.5) is 0 Å². The van der Waals surface area contributed by atoms with E-state index in [2.05, 4.69) is 5.10 Å². The maximum absolute atomic E-state index is 11.6. The molecule has 0 aliphatic carbocycles. The van der Waals surface area contributed by atoms with Crippen LogP contribution in [-0.4, -0.2) is 28.0 Å². The number of esters is 1. The normalized spacial score (nSPS) is 11.8. The van der Waals surface area contributed by atoms with E-state index in [1.54, 1.807) is 35.9 Å². The van der Waals surface area contributed by atoms with Gasteiger partial charge in [0, 0.05) is 11.0 Å². The molecule has 0 unspecified atom stereocenters. The van der Waals surface area contributed by atoms with Crippen LogP contribution < -0.4 is 0 Å². The van der Waals surface area contributed by atoms with Gasteiger partial charge in [0.1, 0.15) is 5.60 Å². The zero-order valence-electron chi connectivity index (χ0n) is 18.4. The van der Waals surface area contributed by atoms with Gasteiger partial charge in [0.25, 0.3) is 0 Å². The zero-order chi connectivity index (χ0) is 23.6. The van der Waals surface area contributed by atoms with Crippen molar-refractivity contribution in [2.24, 2.45) is 0 Å². The van der Waals surface area contributed by atoms with Gasteiger partial charge in [-0.1, -0.05) is 48.0 Å². The van der Waals surface area contributed by atoms with E-state index in [0.29, 0.717) is 10.7 Å². The first kappa shape index (κ1) is 23.0. The summed E-state index contributed by atoms with van der Waals surface area (Å²) in [5.41, 5.74) is 2.93. The number of hydrogen-bond acceptors (Lipinski definition) is 5. The highest BCUT2D eigenvalue weighted by Crippen LogP contribution is 2.39. The van der Waals surface area contributed by atoms with Crippen molar-refractivity contribution in [1.82, 2.24) is 9.78 Å². The molecule has 0 saturated carbocycles. The molecule has 1 N–H and O–H groups in total. The molecule has 0 spiro atoms. The van der Waals surface area contributed by atoms with Crippen molar-refractivity contribution in [3.63, 3.8) is 0 Å². The summed E-state index contributed by atoms with van der Waals surface area (Å²) in [6.45, 7) is 3.42. The predicted octanol–water partition coefficient (Wildman–Crippen LogP) is 6.33. The van der Waals surface area contributed by atoms with Crippen molar-refractivity contribution in [2.75, 3.05) is 7.11 Å². The largest absolute Gasteiger partial charge is 0.466 e. The van der Waals surface area contributed by atoms with Crippen molar-refractivity contribution in [1.29, 1.82) is 0 Å². The van der Waals surface area contributed by atoms with Crippen molar-refractivity contribution < 1.29 is 14.6 Å². The molecule has 0 saturated heterocycles. The molecule has 0 bridgehead atoms. The number of aliphatic hydroxyl groups is 1. The Hall–Kier alpha value is -3.19. The first-order chi connectivity index (χ1) is 15.8. The molecule has 2 aromatic carbocycles. The predicted molar refractivity (Wildman–Crippen MR) is 134 cm³/mol. The van der Waals surface area contributed by atoms with E-state index in [1.165, 1.54) is 13.2 Å². The second-order valence-electron chi connectivity index (χ2n) is 7.94. The molecular weight excluding hydrogens is 456 g/mol. The Balaban J connectivity index is 1.81. The number of hydrogen-bond donors (Lipinski definition) is 1. The Morgan fingerprint density at radius 3 is 2.52 bits per heavy atom. The Bertz CT molecular complexity index is 1330. The van der Waals surface area contributed by atoms with Gasteiger partial charge in [0.15, 0.2) is 0 Å². The molecule has 0 fully saturated rings. The summed E-state index contributed by atoms with van der Waals surface area (Å²) >= 11 is 8.07. The van der Waals surface area contributed by atoms with E-state index in [4.69, 9.17) is 16.3 Å². The molecule has 4 aromatic rings. The summed E-state index contributed by atoms with van der Waals surface area (Å²) in [7, 11) is 1.36. The first-order valence-electron chi connectivity index (χ1n) is 10.3. The number of ether oxygens (including phenoxy) is 1. The van der Waals surface area contributed by atoms with Crippen LogP contribution >= 0.6 is 22.9 Å². The van der Waals surface area contributed by atoms with E-state index in [-0.39, 0.29) is 0 Å². The number of benzene rings is 2. The summed E-state index contributed by atoms with van der Waals surface area (Å²) in [4.78, 5) is 13.6. The molecule has 2 aromatic heterocycles. The van der Waals surface area contributed by atoms with Gasteiger partial charge in [-0.2, -0.15) is 5.10 Å². The number of rotatable bonds is 6. The SMILES string of the molecule is COC(=O)C=Cc1ccccc1-c1ccc(-c2cc(C(C)(C)O)nn2-c2ccccc2Cl)s1. The van der Waals surface area contributed by atoms with Crippen molar-refractivity contribution in [2.45, 2.75) is 19.4 Å². The Morgan fingerprint density at radius 2 is 1.79 bits per heavy atom. The van der Waals surface area contributed by atoms with Gasteiger partial charge in [-0.15, -0.1) is 11.3 Å². The first-order valence-corrected chi connectivity index (χ1v) is 11.5. The highest BCUT2D eigenvalue weighted by atomic mass is 35.5. The van der Waals surface area contributed by atoms with E-state index in [0.717, 1.165) is 32.3 Å². The lowest BCUT2D eigenvalue weighted by Crippen LogP contribution is -2.16. The lowest BCUT2D eigenvalue weighted by Gasteiger charge is -2.13. The minimum atomic E-state index is -1.10. The molecule has 5 nitrogen and oxygen atoms in total. The summed E-state index contributed by atoms with van der Waals surface area (Å²) in [5.74, 6) is -0.403. The molecule has 2 heterocycles. The maximum atomic E-state index is 11.6. The standard InChI is InChI=1S/C26H23ClN2O3S/c1-26(2,31)24-16-21(29(28-24)20-11-7-6-10-19(20)27)23-14-13-22(33-23)18-9-5-4-8-17(18)12-15-25(30)32-3/h4-16,31H,1-3H3. The van der Waals surface area contributed by atoms with Crippen LogP contribution in [0.3, 0.4) is 0 Å². The summed E-state index contributed by atoms with van der Waals surface area (Å²) in [6.07, 6.45) is 3.16. The second-order valence-corrected chi connectivity index (χ2v) is 9.44. The van der Waals surface area contributed by atoms with Gasteiger partial charge < -0.3 is 9.84 Å². The fourth-order valence-corrected chi connectivity index (χ4v) is 4.65. The molecule has 0 atom stereocenters. The van der Waals surface area contributed by atoms with Crippen molar-refractivity contribution >= 4 is 35.0 Å². The van der Waals surface area contributed by atoms with Crippen LogP contribution in [0, 0.1) is 0 Å². The molecule has 0 amide bonds. The molecule has 168 valence electrons. The van der Waals surface area contributed by atoms with Crippen LogP contribution in [0.1, 0.15) is 25.1 Å². The summed E-state index contributed by atoms with van der Waals surface area (Å²) < 4.78 is 6.48. The minimum absolute atomic E-state index is 0.403. The van der Waals surface area contributed by atoms with Gasteiger partial charge in [-0.05, 0) is 61.4 Å². The number of methoxy groups -OCH3 is 1. The lowest BCUT2D eigenvalue weighted by molar-refractivity contribution is -0.134. The average Bonchev–Trinajstić information content (AvgIpc) is 3.45. The highest BCUT2D eigenvalue weighted by molar-refractivity contribution is 7.18. The average molecular weight is 479 g/mol. The Morgan fingerprint density at radius 1 is 1.09 bits per heavy atom. The third kappa shape index (κ3) is 4.93. The van der Waals surface area contributed by atoms with E-state index >= 15 is 0 Å². The minimum Gasteiger partial charge on any atom is -0.466 e. The van der Waals surface area contributed by atoms with Gasteiger partial charge in [0.05, 0.1) is 34.1 Å². The quantitative estimate of drug-likeness (QED) is 0.259. The molecule has 33 heavy (non-hydrogen) atoms. The van der Waals surface area contributed by atoms with Gasteiger partial charge in [-0.25, -0.2) is 9.48 Å². The number of para-hydroxylation sites is 1. The molecule has 0 radical (unpaired) electrons. The third-order valence-corrected chi connectivity index (χ3v) is 6.56. The monoisotopic (exact) mass is 478 g/mol. The van der Waals surface area contributed by atoms with E-state index in [9.17, 15) is 9.90 Å². The van der Waals surface area contributed by atoms with Gasteiger partial charge in [0.2, 0.25) is 0 Å². The van der Waals surface area contributed by atoms with Crippen LogP contribution in [0.2, 0.25) is 5.02 Å².